The Kier molecular flexibility index (Phi) is 9.11. The summed E-state index contributed by atoms with van der Waals surface area (Å²) in [6.45, 7) is 0. The molecule has 0 unspecified atom stereocenters. The lowest BCUT2D eigenvalue weighted by Gasteiger charge is -2.09. The number of hydrogen-bond donors (Lipinski definition) is 2. The number of carbonyl (C=O) groups is 3. The lowest BCUT2D eigenvalue weighted by Crippen LogP contribution is -2.34. The maximum atomic E-state index is 12.4. The van der Waals surface area contributed by atoms with Crippen molar-refractivity contribution >= 4 is 48.5 Å². The van der Waals surface area contributed by atoms with Crippen molar-refractivity contribution < 1.29 is 31.2 Å². The zero-order chi connectivity index (χ0) is 21.4. The van der Waals surface area contributed by atoms with E-state index in [1.165, 1.54) is 0 Å². The molecule has 12 heteroatoms. The normalized spacial score (nSPS) is 11.8. The third kappa shape index (κ3) is 11.0. The van der Waals surface area contributed by atoms with Crippen LogP contribution in [0, 0.1) is 0 Å². The molecular formula is C16H23N2O7S3+. The van der Waals surface area contributed by atoms with Crippen molar-refractivity contribution in [3.8, 4) is 0 Å². The summed E-state index contributed by atoms with van der Waals surface area (Å²) in [5.41, 5.74) is 0.487. The topological polar surface area (TPSA) is 144 Å². The third-order valence-corrected chi connectivity index (χ3v) is 6.70. The number of rotatable bonds is 11. The molecule has 28 heavy (non-hydrogen) atoms. The molecule has 0 aliphatic rings. The Labute approximate surface area is 167 Å². The smallest absolute Gasteiger partial charge is 0.238 e. The second-order valence-corrected chi connectivity index (χ2v) is 11.9. The van der Waals surface area contributed by atoms with Gasteiger partial charge in [-0.25, -0.2) is 16.8 Å². The molecule has 0 saturated heterocycles. The maximum absolute atomic E-state index is 12.4. The maximum Gasteiger partial charge on any atom is 0.238 e. The second-order valence-electron chi connectivity index (χ2n) is 6.05. The molecule has 0 fully saturated rings. The number of sulfonamides is 2. The van der Waals surface area contributed by atoms with Crippen LogP contribution >= 0.6 is 0 Å². The first-order valence-electron chi connectivity index (χ1n) is 8.09. The number of nitrogens with one attached hydrogen (secondary N) is 2. The molecule has 0 aromatic heterocycles. The second kappa shape index (κ2) is 10.6. The number of Topliss-reactive ketones (excluding diaryl/α,β-unsaturated/α-hetero) is 1. The van der Waals surface area contributed by atoms with Crippen LogP contribution in [0.25, 0.3) is 0 Å². The number of carbonyl (C=O) groups excluding carboxylic acids is 3. The van der Waals surface area contributed by atoms with Gasteiger partial charge in [0.1, 0.15) is 11.5 Å². The highest BCUT2D eigenvalue weighted by atomic mass is 32.2. The van der Waals surface area contributed by atoms with Crippen LogP contribution in [0.2, 0.25) is 0 Å². The van der Waals surface area contributed by atoms with Crippen molar-refractivity contribution in [2.45, 2.75) is 12.8 Å². The van der Waals surface area contributed by atoms with Gasteiger partial charge in [0.2, 0.25) is 37.6 Å². The molecule has 1 aromatic rings. The van der Waals surface area contributed by atoms with Crippen molar-refractivity contribution in [2.24, 2.45) is 0 Å². The fraction of sp³-hybridized carbons (Fsp3) is 0.438. The van der Waals surface area contributed by atoms with Crippen molar-refractivity contribution in [1.82, 2.24) is 9.44 Å². The van der Waals surface area contributed by atoms with Gasteiger partial charge in [-0.05, 0) is 10.9 Å². The first kappa shape index (κ1) is 24.1. The average molecular weight is 452 g/mol. The van der Waals surface area contributed by atoms with Crippen LogP contribution in [-0.4, -0.2) is 64.2 Å². The molecule has 0 atom stereocenters. The van der Waals surface area contributed by atoms with Crippen LogP contribution in [0.1, 0.15) is 23.2 Å². The van der Waals surface area contributed by atoms with E-state index in [4.69, 9.17) is 0 Å². The molecule has 0 spiro atoms. The van der Waals surface area contributed by atoms with Gasteiger partial charge in [0, 0.05) is 5.56 Å². The van der Waals surface area contributed by atoms with Gasteiger partial charge in [-0.2, -0.15) is 0 Å². The summed E-state index contributed by atoms with van der Waals surface area (Å²) >= 11 is 0. The monoisotopic (exact) mass is 451 g/mol. The van der Waals surface area contributed by atoms with Crippen LogP contribution in [0.5, 0.6) is 0 Å². The molecule has 1 aromatic carbocycles. The largest absolute Gasteiger partial charge is 0.289 e. The zero-order valence-corrected chi connectivity index (χ0v) is 18.0. The first-order valence-corrected chi connectivity index (χ1v) is 13.6. The van der Waals surface area contributed by atoms with E-state index in [1.807, 2.05) is 9.44 Å². The lowest BCUT2D eigenvalue weighted by atomic mass is 10.2. The third-order valence-electron chi connectivity index (χ3n) is 3.27. The van der Waals surface area contributed by atoms with Crippen molar-refractivity contribution in [1.29, 1.82) is 0 Å². The number of ketones is 1. The molecule has 0 bridgehead atoms. The van der Waals surface area contributed by atoms with Gasteiger partial charge in [0.15, 0.2) is 5.75 Å². The van der Waals surface area contributed by atoms with E-state index in [0.717, 1.165) is 12.5 Å². The van der Waals surface area contributed by atoms with Gasteiger partial charge in [-0.3, -0.25) is 23.8 Å². The molecule has 0 aliphatic heterocycles. The summed E-state index contributed by atoms with van der Waals surface area (Å²) in [5, 5.41) is 0. The Morgan fingerprint density at radius 1 is 0.821 bits per heavy atom. The fourth-order valence-electron chi connectivity index (χ4n) is 2.13. The molecule has 1 rings (SSSR count). The van der Waals surface area contributed by atoms with Gasteiger partial charge in [-0.15, -0.1) is 0 Å². The van der Waals surface area contributed by atoms with Crippen LogP contribution in [-0.2, 0) is 40.5 Å². The van der Waals surface area contributed by atoms with E-state index in [9.17, 15) is 31.2 Å². The zero-order valence-electron chi connectivity index (χ0n) is 15.5. The Bertz CT molecular complexity index is 863. The van der Waals surface area contributed by atoms with Gasteiger partial charge >= 0.3 is 0 Å². The summed E-state index contributed by atoms with van der Waals surface area (Å²) in [4.78, 5) is 35.8. The first-order chi connectivity index (χ1) is 12.9. The van der Waals surface area contributed by atoms with E-state index in [0.29, 0.717) is 5.56 Å². The van der Waals surface area contributed by atoms with Gasteiger partial charge in [0.25, 0.3) is 0 Å². The van der Waals surface area contributed by atoms with Gasteiger partial charge in [-0.1, -0.05) is 30.3 Å². The molecule has 2 N–H and O–H groups in total. The van der Waals surface area contributed by atoms with E-state index >= 15 is 0 Å². The van der Waals surface area contributed by atoms with Crippen LogP contribution in [0.4, 0.5) is 0 Å². The number of amides is 2. The summed E-state index contributed by atoms with van der Waals surface area (Å²) < 4.78 is 48.1. The Morgan fingerprint density at radius 3 is 1.64 bits per heavy atom. The molecule has 0 heterocycles. The molecular weight excluding hydrogens is 428 g/mol. The highest BCUT2D eigenvalue weighted by Crippen LogP contribution is 2.09. The molecule has 0 aliphatic carbocycles. The summed E-state index contributed by atoms with van der Waals surface area (Å²) in [7, 11) is -8.07. The van der Waals surface area contributed by atoms with E-state index in [-0.39, 0.29) is 35.9 Å². The van der Waals surface area contributed by atoms with Gasteiger partial charge < -0.3 is 0 Å². The molecule has 156 valence electrons. The minimum Gasteiger partial charge on any atom is -0.289 e. The molecule has 9 nitrogen and oxygen atoms in total. The minimum atomic E-state index is -3.68. The predicted molar refractivity (Wildman–Crippen MR) is 108 cm³/mol. The lowest BCUT2D eigenvalue weighted by molar-refractivity contribution is -0.119. The minimum absolute atomic E-state index is 0.0717. The predicted octanol–water partition coefficient (Wildman–Crippen LogP) is -0.581. The SMILES string of the molecule is CS(=O)(=O)NC(=O)CC[S+](CCC(=O)NS(C)(=O)=O)CC(=O)c1ccccc1. The van der Waals surface area contributed by atoms with Gasteiger partial charge in [0.05, 0.1) is 25.4 Å². The van der Waals surface area contributed by atoms with Crippen molar-refractivity contribution in [3.05, 3.63) is 35.9 Å². The van der Waals surface area contributed by atoms with Crippen LogP contribution < -0.4 is 9.44 Å². The molecule has 0 radical (unpaired) electrons. The molecule has 0 saturated carbocycles. The highest BCUT2D eigenvalue weighted by Gasteiger charge is 2.26. The Hall–Kier alpha value is -1.92. The number of hydrogen-bond acceptors (Lipinski definition) is 7. The van der Waals surface area contributed by atoms with E-state index in [2.05, 4.69) is 0 Å². The van der Waals surface area contributed by atoms with Crippen molar-refractivity contribution in [3.63, 3.8) is 0 Å². The van der Waals surface area contributed by atoms with Crippen LogP contribution in [0.15, 0.2) is 30.3 Å². The fourth-order valence-corrected chi connectivity index (χ4v) is 5.14. The van der Waals surface area contributed by atoms with Crippen LogP contribution in [0.3, 0.4) is 0 Å². The number of benzene rings is 1. The van der Waals surface area contributed by atoms with E-state index < -0.39 is 42.8 Å². The highest BCUT2D eigenvalue weighted by molar-refractivity contribution is 7.97. The standard InChI is InChI=1S/C16H22N2O7S3/c1-27(22,23)17-15(20)8-10-26(11-9-16(21)18-28(2,24)25)12-14(19)13-6-4-3-5-7-13/h3-7H,8-12H2,1-2H3,(H-,17,18,20,21)/p+1. The Balaban J connectivity index is 2.74. The average Bonchev–Trinajstić information content (AvgIpc) is 2.55. The summed E-state index contributed by atoms with van der Waals surface area (Å²) in [6.07, 6.45) is 1.45. The van der Waals surface area contributed by atoms with E-state index in [1.54, 1.807) is 30.3 Å². The molecule has 2 amide bonds. The summed E-state index contributed by atoms with van der Waals surface area (Å²) in [6, 6.07) is 8.49. The van der Waals surface area contributed by atoms with Crippen molar-refractivity contribution in [2.75, 3.05) is 29.8 Å². The summed E-state index contributed by atoms with van der Waals surface area (Å²) in [5.74, 6) is -1.10. The quantitative estimate of drug-likeness (QED) is 0.338. The Morgan fingerprint density at radius 2 is 1.25 bits per heavy atom.